The monoisotopic (exact) mass is 644 g/mol. The van der Waals surface area contributed by atoms with Crippen LogP contribution in [-0.4, -0.2) is 83.7 Å². The van der Waals surface area contributed by atoms with Gasteiger partial charge in [-0.2, -0.15) is 0 Å². The number of amides is 4. The van der Waals surface area contributed by atoms with Gasteiger partial charge in [-0.25, -0.2) is 9.67 Å². The highest BCUT2D eigenvalue weighted by atomic mass is 16.3. The number of nitrogens with one attached hydrogen (secondary N) is 1. The molecular weight excluding hydrogens is 604 g/mol. The molecule has 2 aromatic heterocycles. The lowest BCUT2D eigenvalue weighted by molar-refractivity contribution is -0.139. The van der Waals surface area contributed by atoms with Crippen molar-refractivity contribution in [2.45, 2.75) is 89.4 Å². The van der Waals surface area contributed by atoms with Crippen LogP contribution in [0.1, 0.15) is 87.8 Å². The maximum atomic E-state index is 14.5. The fourth-order valence-corrected chi connectivity index (χ4v) is 6.48. The van der Waals surface area contributed by atoms with Crippen LogP contribution in [0.5, 0.6) is 0 Å². The number of pyridine rings is 1. The first kappa shape index (κ1) is 33.5. The van der Waals surface area contributed by atoms with Gasteiger partial charge in [-0.1, -0.05) is 55.5 Å². The van der Waals surface area contributed by atoms with E-state index < -0.39 is 53.1 Å². The molecule has 3 atom stereocenters. The Morgan fingerprint density at radius 1 is 1.11 bits per heavy atom. The summed E-state index contributed by atoms with van der Waals surface area (Å²) in [5.74, 6) is -3.93. The number of nitrogens with zero attached hydrogens (tertiary/aromatic N) is 6. The zero-order valence-corrected chi connectivity index (χ0v) is 26.8. The zero-order valence-electron chi connectivity index (χ0n) is 26.8. The van der Waals surface area contributed by atoms with Crippen LogP contribution in [0, 0.1) is 5.92 Å². The molecule has 1 aliphatic carbocycles. The number of nitrogens with two attached hydrogens (primary N) is 1. The second-order valence-electron chi connectivity index (χ2n) is 12.9. The van der Waals surface area contributed by atoms with E-state index in [1.807, 2.05) is 6.07 Å². The number of likely N-dealkylation sites (tertiary alicyclic amines) is 1. The van der Waals surface area contributed by atoms with Crippen molar-refractivity contribution in [3.63, 3.8) is 0 Å². The predicted octanol–water partition coefficient (Wildman–Crippen LogP) is 2.01. The summed E-state index contributed by atoms with van der Waals surface area (Å²) < 4.78 is 1.48. The second-order valence-corrected chi connectivity index (χ2v) is 12.9. The molecule has 0 spiro atoms. The highest BCUT2D eigenvalue weighted by Crippen LogP contribution is 2.33. The van der Waals surface area contributed by atoms with Gasteiger partial charge in [-0.15, -0.1) is 5.10 Å². The Balaban J connectivity index is 1.52. The molecule has 2 aliphatic rings. The van der Waals surface area contributed by atoms with E-state index in [0.29, 0.717) is 22.2 Å². The van der Waals surface area contributed by atoms with Gasteiger partial charge in [0.25, 0.3) is 17.7 Å². The van der Waals surface area contributed by atoms with Gasteiger partial charge in [0.05, 0.1) is 35.1 Å². The summed E-state index contributed by atoms with van der Waals surface area (Å²) in [6, 6.07) is 5.79. The quantitative estimate of drug-likeness (QED) is 0.218. The van der Waals surface area contributed by atoms with E-state index in [1.165, 1.54) is 28.9 Å². The summed E-state index contributed by atoms with van der Waals surface area (Å²) in [5, 5.41) is 22.0. The van der Waals surface area contributed by atoms with E-state index in [9.17, 15) is 29.1 Å². The number of primary amides is 1. The summed E-state index contributed by atoms with van der Waals surface area (Å²) in [4.78, 5) is 75.7. The van der Waals surface area contributed by atoms with Crippen LogP contribution < -0.4 is 11.1 Å². The summed E-state index contributed by atoms with van der Waals surface area (Å²) >= 11 is 0. The fourth-order valence-electron chi connectivity index (χ4n) is 6.48. The summed E-state index contributed by atoms with van der Waals surface area (Å²) in [7, 11) is 0. The number of Topliss-reactive ketones (excluding diaryl/α,β-unsaturated/α-hetero) is 1. The van der Waals surface area contributed by atoms with Crippen LogP contribution >= 0.6 is 0 Å². The minimum Gasteiger partial charge on any atom is -0.384 e. The molecule has 14 nitrogen and oxygen atoms in total. The van der Waals surface area contributed by atoms with E-state index in [4.69, 9.17) is 5.73 Å². The Bertz CT molecular complexity index is 1720. The van der Waals surface area contributed by atoms with Crippen molar-refractivity contribution < 1.29 is 29.1 Å². The largest absolute Gasteiger partial charge is 0.384 e. The SMILES string of the molecule is CC(NC(=O)[C@@H]1C[C@H](n2nncc2C(C)(C)O)CN1C(=O)C(CC1CCCCC1)=NC(=O)c1ccnc2ccccc12)C(=O)C(N)=O. The number of carbonyl (C=O) groups excluding carboxylic acids is 5. The van der Waals surface area contributed by atoms with Crippen molar-refractivity contribution in [3.05, 3.63) is 54.0 Å². The van der Waals surface area contributed by atoms with Gasteiger partial charge in [-0.3, -0.25) is 29.0 Å². The Hall–Kier alpha value is -4.85. The minimum atomic E-state index is -1.32. The lowest BCUT2D eigenvalue weighted by atomic mass is 9.85. The molecule has 2 fully saturated rings. The molecule has 4 amide bonds. The fraction of sp³-hybridized carbons (Fsp3) is 0.485. The van der Waals surface area contributed by atoms with Gasteiger partial charge in [0.1, 0.15) is 17.4 Å². The van der Waals surface area contributed by atoms with Crippen LogP contribution in [0.2, 0.25) is 0 Å². The van der Waals surface area contributed by atoms with Crippen molar-refractivity contribution >= 4 is 46.0 Å². The van der Waals surface area contributed by atoms with Crippen molar-refractivity contribution in [3.8, 4) is 0 Å². The third-order valence-electron chi connectivity index (χ3n) is 8.95. The molecule has 14 heteroatoms. The van der Waals surface area contributed by atoms with Gasteiger partial charge >= 0.3 is 0 Å². The maximum absolute atomic E-state index is 14.5. The second kappa shape index (κ2) is 13.9. The van der Waals surface area contributed by atoms with Crippen LogP contribution in [0.25, 0.3) is 10.9 Å². The summed E-state index contributed by atoms with van der Waals surface area (Å²) in [6.45, 7) is 4.47. The number of fused-ring (bicyclic) bond motifs is 1. The number of aromatic nitrogens is 4. The molecule has 5 rings (SSSR count). The number of ketones is 1. The topological polar surface area (TPSA) is 203 Å². The molecule has 0 radical (unpaired) electrons. The van der Waals surface area contributed by atoms with Crippen molar-refractivity contribution in [2.24, 2.45) is 16.6 Å². The van der Waals surface area contributed by atoms with E-state index in [0.717, 1.165) is 32.1 Å². The van der Waals surface area contributed by atoms with E-state index >= 15 is 0 Å². The van der Waals surface area contributed by atoms with Crippen LogP contribution in [0.3, 0.4) is 0 Å². The minimum absolute atomic E-state index is 0.0163. The number of hydrogen-bond acceptors (Lipinski definition) is 9. The molecule has 3 heterocycles. The van der Waals surface area contributed by atoms with Gasteiger partial charge in [-0.05, 0) is 45.2 Å². The molecule has 1 aliphatic heterocycles. The Morgan fingerprint density at radius 2 is 1.83 bits per heavy atom. The molecule has 1 aromatic carbocycles. The Labute approximate surface area is 271 Å². The lowest BCUT2D eigenvalue weighted by Crippen LogP contribution is -2.52. The van der Waals surface area contributed by atoms with Gasteiger partial charge < -0.3 is 21.1 Å². The summed E-state index contributed by atoms with van der Waals surface area (Å²) in [6.07, 6.45) is 8.11. The number of rotatable bonds is 10. The van der Waals surface area contributed by atoms with Gasteiger partial charge in [0.2, 0.25) is 11.7 Å². The molecule has 248 valence electrons. The van der Waals surface area contributed by atoms with Crippen molar-refractivity contribution in [1.29, 1.82) is 0 Å². The van der Waals surface area contributed by atoms with E-state index in [1.54, 1.807) is 38.1 Å². The number of para-hydroxylation sites is 1. The zero-order chi connectivity index (χ0) is 33.9. The Kier molecular flexibility index (Phi) is 9.89. The standard InChI is InChI=1S/C33H40N8O6/c1-19(28(42)29(34)43)37-31(45)26-16-21(41-27(17-36-39-41)33(2,3)47)18-40(26)32(46)25(15-20-9-5-4-6-10-20)38-30(44)23-13-14-35-24-12-8-7-11-22(23)24/h7-8,11-14,17,19-21,26,47H,4-6,9-10,15-16,18H2,1-3H3,(H2,34,43)(H,37,45)/t19?,21-,26-/m0/s1. The van der Waals surface area contributed by atoms with Gasteiger partial charge in [0.15, 0.2) is 0 Å². The maximum Gasteiger partial charge on any atom is 0.287 e. The third kappa shape index (κ3) is 7.43. The molecule has 1 saturated heterocycles. The van der Waals surface area contributed by atoms with Gasteiger partial charge in [0, 0.05) is 24.5 Å². The number of aliphatic imine (C=N–C) groups is 1. The third-order valence-corrected chi connectivity index (χ3v) is 8.95. The van der Waals surface area contributed by atoms with Crippen molar-refractivity contribution in [2.75, 3.05) is 6.54 Å². The highest BCUT2D eigenvalue weighted by molar-refractivity contribution is 6.41. The molecule has 0 bridgehead atoms. The smallest absolute Gasteiger partial charge is 0.287 e. The van der Waals surface area contributed by atoms with Crippen LogP contribution in [0.15, 0.2) is 47.7 Å². The summed E-state index contributed by atoms with van der Waals surface area (Å²) in [5.41, 5.74) is 5.14. The average molecular weight is 645 g/mol. The molecule has 3 aromatic rings. The molecular formula is C33H40N8O6. The first-order chi connectivity index (χ1) is 22.3. The number of hydrogen-bond donors (Lipinski definition) is 3. The molecule has 1 unspecified atom stereocenters. The molecule has 1 saturated carbocycles. The Morgan fingerprint density at radius 3 is 2.53 bits per heavy atom. The normalized spacial score (nSPS) is 19.8. The van der Waals surface area contributed by atoms with Crippen LogP contribution in [-0.2, 0) is 24.8 Å². The first-order valence-corrected chi connectivity index (χ1v) is 15.9. The number of carbonyl (C=O) groups is 5. The number of benzene rings is 1. The van der Waals surface area contributed by atoms with Crippen LogP contribution in [0.4, 0.5) is 0 Å². The molecule has 47 heavy (non-hydrogen) atoms. The lowest BCUT2D eigenvalue weighted by Gasteiger charge is -2.27. The van der Waals surface area contributed by atoms with Crippen molar-refractivity contribution in [1.82, 2.24) is 30.2 Å². The predicted molar refractivity (Wildman–Crippen MR) is 171 cm³/mol. The molecule has 4 N–H and O–H groups in total. The first-order valence-electron chi connectivity index (χ1n) is 15.9. The average Bonchev–Trinajstić information content (AvgIpc) is 3.72. The van der Waals surface area contributed by atoms with E-state index in [-0.39, 0.29) is 31.0 Å². The highest BCUT2D eigenvalue weighted by Gasteiger charge is 2.44. The van der Waals surface area contributed by atoms with E-state index in [2.05, 4.69) is 25.6 Å². The number of aliphatic hydroxyl groups is 1.